The second kappa shape index (κ2) is 6.51. The SMILES string of the molecule is CNC(C)(CO)CCOC1CCCc2ccccc21. The van der Waals surface area contributed by atoms with Crippen molar-refractivity contribution in [3.63, 3.8) is 0 Å². The van der Waals surface area contributed by atoms with E-state index < -0.39 is 0 Å². The fraction of sp³-hybridized carbons (Fsp3) is 0.625. The van der Waals surface area contributed by atoms with Crippen molar-refractivity contribution in [2.45, 2.75) is 44.2 Å². The van der Waals surface area contributed by atoms with Gasteiger partial charge in [0.25, 0.3) is 0 Å². The van der Waals surface area contributed by atoms with Gasteiger partial charge in [-0.3, -0.25) is 0 Å². The summed E-state index contributed by atoms with van der Waals surface area (Å²) in [5.74, 6) is 0. The third-order valence-corrected chi connectivity index (χ3v) is 4.24. The molecule has 0 heterocycles. The average Bonchev–Trinajstić information content (AvgIpc) is 2.47. The van der Waals surface area contributed by atoms with Gasteiger partial charge in [-0.2, -0.15) is 0 Å². The van der Waals surface area contributed by atoms with Crippen LogP contribution in [0.5, 0.6) is 0 Å². The average molecular weight is 263 g/mol. The molecule has 1 aliphatic carbocycles. The second-order valence-electron chi connectivity index (χ2n) is 5.67. The van der Waals surface area contributed by atoms with E-state index in [0.717, 1.165) is 12.8 Å². The van der Waals surface area contributed by atoms with Gasteiger partial charge in [-0.15, -0.1) is 0 Å². The molecule has 0 amide bonds. The first kappa shape index (κ1) is 14.5. The Morgan fingerprint density at radius 2 is 2.21 bits per heavy atom. The molecule has 0 saturated heterocycles. The van der Waals surface area contributed by atoms with Crippen LogP contribution in [0.4, 0.5) is 0 Å². The summed E-state index contributed by atoms with van der Waals surface area (Å²) in [4.78, 5) is 0. The van der Waals surface area contributed by atoms with Crippen LogP contribution in [0, 0.1) is 0 Å². The highest BCUT2D eigenvalue weighted by molar-refractivity contribution is 5.31. The van der Waals surface area contributed by atoms with Gasteiger partial charge in [0.05, 0.1) is 12.7 Å². The van der Waals surface area contributed by atoms with Crippen molar-refractivity contribution in [3.05, 3.63) is 35.4 Å². The number of likely N-dealkylation sites (N-methyl/N-ethyl adjacent to an activating group) is 1. The maximum atomic E-state index is 9.36. The van der Waals surface area contributed by atoms with Crippen molar-refractivity contribution in [2.24, 2.45) is 0 Å². The summed E-state index contributed by atoms with van der Waals surface area (Å²) in [7, 11) is 1.88. The van der Waals surface area contributed by atoms with Gasteiger partial charge >= 0.3 is 0 Å². The summed E-state index contributed by atoms with van der Waals surface area (Å²) in [5, 5.41) is 12.5. The summed E-state index contributed by atoms with van der Waals surface area (Å²) in [5.41, 5.74) is 2.54. The van der Waals surface area contributed by atoms with Crippen molar-refractivity contribution < 1.29 is 9.84 Å². The van der Waals surface area contributed by atoms with Crippen LogP contribution in [-0.4, -0.2) is 30.9 Å². The molecule has 1 aromatic rings. The fourth-order valence-electron chi connectivity index (χ4n) is 2.59. The van der Waals surface area contributed by atoms with Crippen LogP contribution in [0.25, 0.3) is 0 Å². The predicted molar refractivity (Wildman–Crippen MR) is 77.2 cm³/mol. The molecule has 2 N–H and O–H groups in total. The van der Waals surface area contributed by atoms with Crippen molar-refractivity contribution >= 4 is 0 Å². The van der Waals surface area contributed by atoms with Gasteiger partial charge in [-0.25, -0.2) is 0 Å². The molecule has 0 aliphatic heterocycles. The number of benzene rings is 1. The monoisotopic (exact) mass is 263 g/mol. The standard InChI is InChI=1S/C16H25NO2/c1-16(12-18,17-2)10-11-19-15-9-5-7-13-6-3-4-8-14(13)15/h3-4,6,8,15,17-18H,5,7,9-12H2,1-2H3. The number of ether oxygens (including phenoxy) is 1. The van der Waals surface area contributed by atoms with Crippen LogP contribution in [-0.2, 0) is 11.2 Å². The molecule has 0 aromatic heterocycles. The molecule has 2 atom stereocenters. The summed E-state index contributed by atoms with van der Waals surface area (Å²) in [6, 6.07) is 8.58. The molecule has 0 fully saturated rings. The molecule has 2 rings (SSSR count). The van der Waals surface area contributed by atoms with Crippen molar-refractivity contribution in [1.29, 1.82) is 0 Å². The Labute approximate surface area is 116 Å². The Morgan fingerprint density at radius 3 is 2.95 bits per heavy atom. The van der Waals surface area contributed by atoms with Gasteiger partial charge in [-0.05, 0) is 50.8 Å². The quantitative estimate of drug-likeness (QED) is 0.828. The molecular formula is C16H25NO2. The van der Waals surface area contributed by atoms with E-state index in [1.165, 1.54) is 24.0 Å². The molecule has 0 bridgehead atoms. The van der Waals surface area contributed by atoms with Gasteiger partial charge in [-0.1, -0.05) is 24.3 Å². The summed E-state index contributed by atoms with van der Waals surface area (Å²) < 4.78 is 6.06. The Kier molecular flexibility index (Phi) is 4.97. The summed E-state index contributed by atoms with van der Waals surface area (Å²) >= 11 is 0. The number of rotatable bonds is 6. The largest absolute Gasteiger partial charge is 0.394 e. The van der Waals surface area contributed by atoms with E-state index in [2.05, 4.69) is 29.6 Å². The third-order valence-electron chi connectivity index (χ3n) is 4.24. The molecule has 0 radical (unpaired) electrons. The molecule has 3 heteroatoms. The van der Waals surface area contributed by atoms with Crippen LogP contribution in [0.2, 0.25) is 0 Å². The predicted octanol–water partition coefficient (Wildman–Crippen LogP) is 2.44. The van der Waals surface area contributed by atoms with E-state index in [-0.39, 0.29) is 18.2 Å². The van der Waals surface area contributed by atoms with Gasteiger partial charge in [0.15, 0.2) is 0 Å². The molecule has 1 aromatic carbocycles. The van der Waals surface area contributed by atoms with Crippen LogP contribution in [0.3, 0.4) is 0 Å². The molecule has 3 nitrogen and oxygen atoms in total. The number of aryl methyl sites for hydroxylation is 1. The zero-order valence-corrected chi connectivity index (χ0v) is 12.0. The van der Waals surface area contributed by atoms with Crippen LogP contribution in [0.15, 0.2) is 24.3 Å². The van der Waals surface area contributed by atoms with E-state index in [9.17, 15) is 5.11 Å². The van der Waals surface area contributed by atoms with E-state index in [1.807, 2.05) is 14.0 Å². The lowest BCUT2D eigenvalue weighted by Crippen LogP contribution is -2.44. The van der Waals surface area contributed by atoms with Crippen molar-refractivity contribution in [3.8, 4) is 0 Å². The molecule has 1 aliphatic rings. The number of hydrogen-bond donors (Lipinski definition) is 2. The lowest BCUT2D eigenvalue weighted by Gasteiger charge is -2.30. The van der Waals surface area contributed by atoms with E-state index >= 15 is 0 Å². The molecule has 0 spiro atoms. The highest BCUT2D eigenvalue weighted by Crippen LogP contribution is 2.32. The molecule has 106 valence electrons. The minimum Gasteiger partial charge on any atom is -0.394 e. The third kappa shape index (κ3) is 3.56. The zero-order valence-electron chi connectivity index (χ0n) is 12.0. The smallest absolute Gasteiger partial charge is 0.0827 e. The van der Waals surface area contributed by atoms with E-state index in [1.54, 1.807) is 0 Å². The summed E-state index contributed by atoms with van der Waals surface area (Å²) in [6.07, 6.45) is 4.52. The highest BCUT2D eigenvalue weighted by atomic mass is 16.5. The lowest BCUT2D eigenvalue weighted by atomic mass is 9.89. The van der Waals surface area contributed by atoms with Crippen LogP contribution in [0.1, 0.15) is 43.4 Å². The Balaban J connectivity index is 1.91. The maximum Gasteiger partial charge on any atom is 0.0827 e. The molecule has 19 heavy (non-hydrogen) atoms. The number of fused-ring (bicyclic) bond motifs is 1. The lowest BCUT2D eigenvalue weighted by molar-refractivity contribution is 0.0217. The molecule has 2 unspecified atom stereocenters. The first-order chi connectivity index (χ1) is 9.18. The number of aliphatic hydroxyl groups excluding tert-OH is 1. The molecule has 0 saturated carbocycles. The first-order valence-electron chi connectivity index (χ1n) is 7.18. The number of hydrogen-bond acceptors (Lipinski definition) is 3. The Bertz CT molecular complexity index is 401. The summed E-state index contributed by atoms with van der Waals surface area (Å²) in [6.45, 7) is 2.83. The minimum absolute atomic E-state index is 0.133. The molecular weight excluding hydrogens is 238 g/mol. The van der Waals surface area contributed by atoms with E-state index in [4.69, 9.17) is 4.74 Å². The number of aliphatic hydroxyl groups is 1. The van der Waals surface area contributed by atoms with Gasteiger partial charge in [0.2, 0.25) is 0 Å². The fourth-order valence-corrected chi connectivity index (χ4v) is 2.59. The normalized spacial score (nSPS) is 21.7. The van der Waals surface area contributed by atoms with Gasteiger partial charge < -0.3 is 15.2 Å². The van der Waals surface area contributed by atoms with Gasteiger partial charge in [0.1, 0.15) is 0 Å². The van der Waals surface area contributed by atoms with Crippen molar-refractivity contribution in [2.75, 3.05) is 20.3 Å². The maximum absolute atomic E-state index is 9.36. The van der Waals surface area contributed by atoms with Crippen LogP contribution < -0.4 is 5.32 Å². The Hall–Kier alpha value is -0.900. The number of nitrogens with one attached hydrogen (secondary N) is 1. The zero-order chi connectivity index (χ0) is 13.7. The van der Waals surface area contributed by atoms with Crippen LogP contribution >= 0.6 is 0 Å². The second-order valence-corrected chi connectivity index (χ2v) is 5.67. The first-order valence-corrected chi connectivity index (χ1v) is 7.18. The van der Waals surface area contributed by atoms with Crippen molar-refractivity contribution in [1.82, 2.24) is 5.32 Å². The Morgan fingerprint density at radius 1 is 1.42 bits per heavy atom. The minimum atomic E-state index is -0.242. The topological polar surface area (TPSA) is 41.5 Å². The van der Waals surface area contributed by atoms with Gasteiger partial charge in [0, 0.05) is 12.1 Å². The highest BCUT2D eigenvalue weighted by Gasteiger charge is 2.23. The van der Waals surface area contributed by atoms with E-state index in [0.29, 0.717) is 6.61 Å².